The van der Waals surface area contributed by atoms with E-state index in [2.05, 4.69) is 16.7 Å². The van der Waals surface area contributed by atoms with Crippen molar-refractivity contribution < 1.29 is 17.9 Å². The lowest BCUT2D eigenvalue weighted by molar-refractivity contribution is 0.0498. The molecule has 7 nitrogen and oxygen atoms in total. The highest BCUT2D eigenvalue weighted by Gasteiger charge is 2.31. The topological polar surface area (TPSA) is 78.9 Å². The van der Waals surface area contributed by atoms with Crippen LogP contribution < -0.4 is 9.46 Å². The van der Waals surface area contributed by atoms with Crippen LogP contribution >= 0.6 is 0 Å². The Hall–Kier alpha value is -3.36. The van der Waals surface area contributed by atoms with E-state index in [1.54, 1.807) is 36.4 Å². The van der Waals surface area contributed by atoms with Crippen molar-refractivity contribution in [2.24, 2.45) is 0 Å². The van der Waals surface area contributed by atoms with Crippen molar-refractivity contribution >= 4 is 21.6 Å². The number of rotatable bonds is 7. The summed E-state index contributed by atoms with van der Waals surface area (Å²) in [4.78, 5) is 17.5. The minimum Gasteiger partial charge on any atom is -0.494 e. The van der Waals surface area contributed by atoms with Gasteiger partial charge < -0.3 is 14.5 Å². The Bertz CT molecular complexity index is 1210. The molecule has 3 aromatic rings. The lowest BCUT2D eigenvalue weighted by Crippen LogP contribution is -2.49. The van der Waals surface area contributed by atoms with E-state index in [9.17, 15) is 13.2 Å². The summed E-state index contributed by atoms with van der Waals surface area (Å²) in [5.74, 6) is 0.566. The van der Waals surface area contributed by atoms with Crippen LogP contribution in [-0.4, -0.2) is 57.4 Å². The van der Waals surface area contributed by atoms with Crippen LogP contribution in [0, 0.1) is 0 Å². The van der Waals surface area contributed by atoms with Gasteiger partial charge in [0.15, 0.2) is 0 Å². The van der Waals surface area contributed by atoms with Crippen LogP contribution in [0.3, 0.4) is 0 Å². The van der Waals surface area contributed by atoms with Crippen molar-refractivity contribution in [1.29, 1.82) is 0 Å². The molecule has 4 rings (SSSR count). The number of amides is 1. The zero-order valence-corrected chi connectivity index (χ0v) is 20.2. The van der Waals surface area contributed by atoms with Gasteiger partial charge in [0.1, 0.15) is 5.75 Å². The van der Waals surface area contributed by atoms with Gasteiger partial charge in [-0.3, -0.25) is 9.52 Å². The van der Waals surface area contributed by atoms with Gasteiger partial charge in [0.2, 0.25) is 0 Å². The summed E-state index contributed by atoms with van der Waals surface area (Å²) >= 11 is 0. The van der Waals surface area contributed by atoms with Crippen molar-refractivity contribution in [2.75, 3.05) is 38.0 Å². The first kappa shape index (κ1) is 23.8. The van der Waals surface area contributed by atoms with Gasteiger partial charge in [-0.25, -0.2) is 8.42 Å². The molecule has 0 aromatic heterocycles. The number of hydrogen-bond donors (Lipinski definition) is 1. The second-order valence-corrected chi connectivity index (χ2v) is 9.96. The Morgan fingerprint density at radius 3 is 2.29 bits per heavy atom. The molecule has 1 fully saturated rings. The molecule has 1 saturated heterocycles. The number of nitrogens with one attached hydrogen (secondary N) is 1. The second kappa shape index (κ2) is 10.3. The number of piperazine rings is 1. The molecule has 0 radical (unpaired) electrons. The molecule has 34 heavy (non-hydrogen) atoms. The van der Waals surface area contributed by atoms with Crippen molar-refractivity contribution in [3.8, 4) is 5.75 Å². The number of benzene rings is 3. The van der Waals surface area contributed by atoms with E-state index >= 15 is 0 Å². The third-order valence-electron chi connectivity index (χ3n) is 5.86. The molecule has 0 bridgehead atoms. The highest BCUT2D eigenvalue weighted by Crippen LogP contribution is 2.27. The van der Waals surface area contributed by atoms with Gasteiger partial charge >= 0.3 is 0 Å². The van der Waals surface area contributed by atoms with E-state index in [1.165, 1.54) is 12.1 Å². The summed E-state index contributed by atoms with van der Waals surface area (Å²) in [5.41, 5.74) is 1.98. The molecule has 3 aromatic carbocycles. The highest BCUT2D eigenvalue weighted by atomic mass is 32.2. The number of carbonyl (C=O) groups excluding carboxylic acids is 1. The first-order valence-electron chi connectivity index (χ1n) is 11.3. The van der Waals surface area contributed by atoms with Gasteiger partial charge in [-0.05, 0) is 68.1 Å². The van der Waals surface area contributed by atoms with Gasteiger partial charge in [0.05, 0.1) is 17.5 Å². The highest BCUT2D eigenvalue weighted by molar-refractivity contribution is 7.92. The van der Waals surface area contributed by atoms with Crippen LogP contribution in [0.2, 0.25) is 0 Å². The number of sulfonamides is 1. The fourth-order valence-electron chi connectivity index (χ4n) is 4.07. The predicted octanol–water partition coefficient (Wildman–Crippen LogP) is 4.02. The third-order valence-corrected chi connectivity index (χ3v) is 7.25. The summed E-state index contributed by atoms with van der Waals surface area (Å²) in [6, 6.07) is 22.7. The maximum Gasteiger partial charge on any atom is 0.261 e. The second-order valence-electron chi connectivity index (χ2n) is 8.27. The van der Waals surface area contributed by atoms with E-state index < -0.39 is 10.0 Å². The molecule has 1 heterocycles. The van der Waals surface area contributed by atoms with Crippen LogP contribution in [0.25, 0.3) is 0 Å². The van der Waals surface area contributed by atoms with E-state index in [0.29, 0.717) is 30.2 Å². The van der Waals surface area contributed by atoms with Gasteiger partial charge in [-0.2, -0.15) is 0 Å². The van der Waals surface area contributed by atoms with Crippen LogP contribution in [0.1, 0.15) is 28.9 Å². The number of ether oxygens (including phenoxy) is 1. The van der Waals surface area contributed by atoms with Gasteiger partial charge in [-0.15, -0.1) is 0 Å². The summed E-state index contributed by atoms with van der Waals surface area (Å²) < 4.78 is 33.6. The Labute approximate surface area is 201 Å². The summed E-state index contributed by atoms with van der Waals surface area (Å²) in [6.45, 7) is 4.56. The smallest absolute Gasteiger partial charge is 0.261 e. The van der Waals surface area contributed by atoms with Crippen molar-refractivity contribution in [1.82, 2.24) is 9.80 Å². The summed E-state index contributed by atoms with van der Waals surface area (Å²) in [7, 11) is -1.74. The normalized spacial score (nSPS) is 16.8. The van der Waals surface area contributed by atoms with Crippen molar-refractivity contribution in [3.05, 3.63) is 90.0 Å². The van der Waals surface area contributed by atoms with Crippen LogP contribution in [0.15, 0.2) is 83.8 Å². The van der Waals surface area contributed by atoms with E-state index in [4.69, 9.17) is 4.74 Å². The predicted molar refractivity (Wildman–Crippen MR) is 133 cm³/mol. The minimum absolute atomic E-state index is 0.0582. The molecule has 178 valence electrons. The lowest BCUT2D eigenvalue weighted by atomic mass is 10.0. The molecular formula is C26H29N3O4S. The van der Waals surface area contributed by atoms with Gasteiger partial charge in [0.25, 0.3) is 15.9 Å². The number of carbonyl (C=O) groups is 1. The van der Waals surface area contributed by atoms with E-state index in [1.807, 2.05) is 42.2 Å². The number of likely N-dealkylation sites (N-methyl/N-ethyl adjacent to an activating group) is 1. The standard InChI is InChI=1S/C26H29N3O4S/c1-3-33-23-13-11-22(12-14-23)27-34(31,32)24-15-9-21(10-16-24)26(30)29-18-17-28(2)19-25(29)20-7-5-4-6-8-20/h4-16,25,27H,3,17-19H2,1-2H3/t25-/m0/s1. The van der Waals surface area contributed by atoms with Crippen molar-refractivity contribution in [2.45, 2.75) is 17.9 Å². The van der Waals surface area contributed by atoms with Crippen LogP contribution in [0.5, 0.6) is 5.75 Å². The molecule has 1 amide bonds. The Morgan fingerprint density at radius 1 is 0.971 bits per heavy atom. The van der Waals surface area contributed by atoms with Crippen LogP contribution in [-0.2, 0) is 10.0 Å². The van der Waals surface area contributed by atoms with E-state index in [0.717, 1.165) is 18.7 Å². The number of nitrogens with zero attached hydrogens (tertiary/aromatic N) is 2. The molecule has 0 spiro atoms. The Morgan fingerprint density at radius 2 is 1.65 bits per heavy atom. The monoisotopic (exact) mass is 479 g/mol. The SMILES string of the molecule is CCOc1ccc(NS(=O)(=O)c2ccc(C(=O)N3CCN(C)C[C@H]3c3ccccc3)cc2)cc1. The average molecular weight is 480 g/mol. The fourth-order valence-corrected chi connectivity index (χ4v) is 5.12. The Balaban J connectivity index is 1.50. The maximum atomic E-state index is 13.4. The first-order valence-corrected chi connectivity index (χ1v) is 12.8. The fraction of sp³-hybridized carbons (Fsp3) is 0.269. The minimum atomic E-state index is -3.79. The molecule has 0 aliphatic carbocycles. The van der Waals surface area contributed by atoms with E-state index in [-0.39, 0.29) is 16.8 Å². The molecule has 8 heteroatoms. The molecule has 1 aliphatic rings. The molecule has 1 aliphatic heterocycles. The van der Waals surface area contributed by atoms with Gasteiger partial charge in [-0.1, -0.05) is 30.3 Å². The molecule has 0 saturated carbocycles. The van der Waals surface area contributed by atoms with Gasteiger partial charge in [0, 0.05) is 30.9 Å². The summed E-state index contributed by atoms with van der Waals surface area (Å²) in [6.07, 6.45) is 0. The Kier molecular flexibility index (Phi) is 7.19. The largest absolute Gasteiger partial charge is 0.494 e. The van der Waals surface area contributed by atoms with Crippen molar-refractivity contribution in [3.63, 3.8) is 0 Å². The molecule has 1 N–H and O–H groups in total. The average Bonchev–Trinajstić information content (AvgIpc) is 2.85. The zero-order valence-electron chi connectivity index (χ0n) is 19.3. The number of hydrogen-bond acceptors (Lipinski definition) is 5. The third kappa shape index (κ3) is 5.40. The molecular weight excluding hydrogens is 450 g/mol. The molecule has 1 atom stereocenters. The quantitative estimate of drug-likeness (QED) is 0.554. The first-order chi connectivity index (χ1) is 16.4. The summed E-state index contributed by atoms with van der Waals surface area (Å²) in [5, 5.41) is 0. The maximum absolute atomic E-state index is 13.4. The molecule has 0 unspecified atom stereocenters. The van der Waals surface area contributed by atoms with Crippen LogP contribution in [0.4, 0.5) is 5.69 Å². The number of anilines is 1. The lowest BCUT2D eigenvalue weighted by Gasteiger charge is -2.40. The zero-order chi connectivity index (χ0) is 24.1.